The van der Waals surface area contributed by atoms with E-state index in [1.165, 1.54) is 6.42 Å². The minimum Gasteiger partial charge on any atom is -0.376 e. The van der Waals surface area contributed by atoms with Crippen LogP contribution >= 0.6 is 0 Å². The smallest absolute Gasteiger partial charge is 0.0780 e. The lowest BCUT2D eigenvalue weighted by atomic mass is 10.2. The van der Waals surface area contributed by atoms with Crippen molar-refractivity contribution in [2.24, 2.45) is 0 Å². The van der Waals surface area contributed by atoms with Crippen LogP contribution in [0.2, 0.25) is 0 Å². The molecular weight excluding hydrogens is 164 g/mol. The number of rotatable bonds is 6. The molecule has 0 aliphatic carbocycles. The van der Waals surface area contributed by atoms with E-state index in [2.05, 4.69) is 34.6 Å². The number of hydrogen-bond acceptors (Lipinski definition) is 2. The summed E-state index contributed by atoms with van der Waals surface area (Å²) >= 11 is 0. The van der Waals surface area contributed by atoms with Crippen LogP contribution in [0.15, 0.2) is 0 Å². The summed E-state index contributed by atoms with van der Waals surface area (Å²) in [5.41, 5.74) is -0.0532. The Kier molecular flexibility index (Phi) is 6.35. The van der Waals surface area contributed by atoms with Crippen LogP contribution in [0.5, 0.6) is 0 Å². The summed E-state index contributed by atoms with van der Waals surface area (Å²) in [7, 11) is 0. The highest BCUT2D eigenvalue weighted by atomic mass is 16.5. The SMILES string of the molecule is CCCCOC(C)COC(C)(C)C. The Bertz CT molecular complexity index is 116. The Balaban J connectivity index is 3.35. The van der Waals surface area contributed by atoms with Gasteiger partial charge in [-0.1, -0.05) is 13.3 Å². The molecule has 0 bridgehead atoms. The van der Waals surface area contributed by atoms with Gasteiger partial charge in [0.2, 0.25) is 0 Å². The minimum atomic E-state index is -0.0532. The first-order valence-corrected chi connectivity index (χ1v) is 5.21. The van der Waals surface area contributed by atoms with E-state index in [0.29, 0.717) is 6.61 Å². The van der Waals surface area contributed by atoms with Crippen molar-refractivity contribution in [3.05, 3.63) is 0 Å². The molecule has 0 N–H and O–H groups in total. The average molecular weight is 188 g/mol. The molecule has 0 aliphatic rings. The largest absolute Gasteiger partial charge is 0.376 e. The fourth-order valence-corrected chi connectivity index (χ4v) is 0.844. The number of hydrogen-bond donors (Lipinski definition) is 0. The Morgan fingerprint density at radius 3 is 2.31 bits per heavy atom. The van der Waals surface area contributed by atoms with E-state index in [4.69, 9.17) is 9.47 Å². The predicted molar refractivity (Wildman–Crippen MR) is 56.0 cm³/mol. The van der Waals surface area contributed by atoms with Gasteiger partial charge in [-0.25, -0.2) is 0 Å². The molecule has 0 heterocycles. The third kappa shape index (κ3) is 9.84. The second kappa shape index (κ2) is 6.39. The van der Waals surface area contributed by atoms with Gasteiger partial charge in [0.15, 0.2) is 0 Å². The van der Waals surface area contributed by atoms with Crippen molar-refractivity contribution in [2.75, 3.05) is 13.2 Å². The predicted octanol–water partition coefficient (Wildman–Crippen LogP) is 3.01. The van der Waals surface area contributed by atoms with Crippen LogP contribution in [0.4, 0.5) is 0 Å². The second-order valence-electron chi connectivity index (χ2n) is 4.46. The Morgan fingerprint density at radius 2 is 1.85 bits per heavy atom. The summed E-state index contributed by atoms with van der Waals surface area (Å²) in [6.07, 6.45) is 2.54. The molecule has 80 valence electrons. The van der Waals surface area contributed by atoms with Gasteiger partial charge in [0, 0.05) is 6.61 Å². The molecule has 0 saturated heterocycles. The first kappa shape index (κ1) is 12.9. The van der Waals surface area contributed by atoms with Gasteiger partial charge in [-0.3, -0.25) is 0 Å². The van der Waals surface area contributed by atoms with Gasteiger partial charge in [0.25, 0.3) is 0 Å². The highest BCUT2D eigenvalue weighted by Crippen LogP contribution is 2.08. The van der Waals surface area contributed by atoms with Crippen LogP contribution in [-0.2, 0) is 9.47 Å². The summed E-state index contributed by atoms with van der Waals surface area (Å²) in [6.45, 7) is 11.9. The van der Waals surface area contributed by atoms with Crippen LogP contribution < -0.4 is 0 Å². The monoisotopic (exact) mass is 188 g/mol. The van der Waals surface area contributed by atoms with Gasteiger partial charge < -0.3 is 9.47 Å². The second-order valence-corrected chi connectivity index (χ2v) is 4.46. The summed E-state index contributed by atoms with van der Waals surface area (Å²) in [4.78, 5) is 0. The molecule has 0 spiro atoms. The molecule has 1 unspecified atom stereocenters. The first-order valence-electron chi connectivity index (χ1n) is 5.21. The standard InChI is InChI=1S/C11H24O2/c1-6-7-8-12-10(2)9-13-11(3,4)5/h10H,6-9H2,1-5H3. The highest BCUT2D eigenvalue weighted by molar-refractivity contribution is 4.60. The maximum absolute atomic E-state index is 5.60. The van der Waals surface area contributed by atoms with Crippen LogP contribution in [-0.4, -0.2) is 24.9 Å². The topological polar surface area (TPSA) is 18.5 Å². The van der Waals surface area contributed by atoms with Gasteiger partial charge >= 0.3 is 0 Å². The molecule has 0 aromatic rings. The average Bonchev–Trinajstić information content (AvgIpc) is 2.00. The molecule has 2 heteroatoms. The molecule has 0 aliphatic heterocycles. The zero-order valence-corrected chi connectivity index (χ0v) is 9.72. The zero-order valence-electron chi connectivity index (χ0n) is 9.72. The molecule has 1 atom stereocenters. The van der Waals surface area contributed by atoms with E-state index in [0.717, 1.165) is 13.0 Å². The quantitative estimate of drug-likeness (QED) is 0.597. The van der Waals surface area contributed by atoms with E-state index in [1.807, 2.05) is 0 Å². The Hall–Kier alpha value is -0.0800. The molecule has 13 heavy (non-hydrogen) atoms. The maximum atomic E-state index is 5.60. The van der Waals surface area contributed by atoms with Gasteiger partial charge in [-0.15, -0.1) is 0 Å². The fraction of sp³-hybridized carbons (Fsp3) is 1.00. The van der Waals surface area contributed by atoms with Crippen molar-refractivity contribution in [1.29, 1.82) is 0 Å². The van der Waals surface area contributed by atoms with Crippen LogP contribution in [0.25, 0.3) is 0 Å². The van der Waals surface area contributed by atoms with E-state index < -0.39 is 0 Å². The molecule has 0 rings (SSSR count). The minimum absolute atomic E-state index is 0.0532. The van der Waals surface area contributed by atoms with E-state index in [1.54, 1.807) is 0 Å². The molecule has 0 aromatic heterocycles. The molecule has 0 fully saturated rings. The summed E-state index contributed by atoms with van der Waals surface area (Å²) in [5.74, 6) is 0. The van der Waals surface area contributed by atoms with Crippen molar-refractivity contribution >= 4 is 0 Å². The van der Waals surface area contributed by atoms with E-state index >= 15 is 0 Å². The van der Waals surface area contributed by atoms with Gasteiger partial charge in [-0.2, -0.15) is 0 Å². The van der Waals surface area contributed by atoms with Crippen molar-refractivity contribution in [3.63, 3.8) is 0 Å². The number of ether oxygens (including phenoxy) is 2. The van der Waals surface area contributed by atoms with Crippen LogP contribution in [0.1, 0.15) is 47.5 Å². The number of unbranched alkanes of at least 4 members (excludes halogenated alkanes) is 1. The Morgan fingerprint density at radius 1 is 1.23 bits per heavy atom. The molecule has 2 nitrogen and oxygen atoms in total. The van der Waals surface area contributed by atoms with E-state index in [9.17, 15) is 0 Å². The summed E-state index contributed by atoms with van der Waals surface area (Å²) < 4.78 is 11.1. The fourth-order valence-electron chi connectivity index (χ4n) is 0.844. The molecule has 0 radical (unpaired) electrons. The lowest BCUT2D eigenvalue weighted by Gasteiger charge is -2.22. The lowest BCUT2D eigenvalue weighted by molar-refractivity contribution is -0.0667. The zero-order chi connectivity index (χ0) is 10.3. The summed E-state index contributed by atoms with van der Waals surface area (Å²) in [6, 6.07) is 0. The third-order valence-corrected chi connectivity index (χ3v) is 1.65. The van der Waals surface area contributed by atoms with Crippen LogP contribution in [0.3, 0.4) is 0 Å². The van der Waals surface area contributed by atoms with Crippen molar-refractivity contribution in [2.45, 2.75) is 59.2 Å². The molecule has 0 saturated carbocycles. The van der Waals surface area contributed by atoms with Crippen molar-refractivity contribution in [3.8, 4) is 0 Å². The van der Waals surface area contributed by atoms with Gasteiger partial charge in [0.1, 0.15) is 0 Å². The Labute approximate surface area is 82.6 Å². The van der Waals surface area contributed by atoms with Gasteiger partial charge in [0.05, 0.1) is 18.3 Å². The van der Waals surface area contributed by atoms with Crippen molar-refractivity contribution < 1.29 is 9.47 Å². The molecule has 0 aromatic carbocycles. The van der Waals surface area contributed by atoms with Crippen molar-refractivity contribution in [1.82, 2.24) is 0 Å². The van der Waals surface area contributed by atoms with Crippen LogP contribution in [0, 0.1) is 0 Å². The summed E-state index contributed by atoms with van der Waals surface area (Å²) in [5, 5.41) is 0. The van der Waals surface area contributed by atoms with Gasteiger partial charge in [-0.05, 0) is 34.1 Å². The normalized spacial score (nSPS) is 14.5. The van der Waals surface area contributed by atoms with E-state index in [-0.39, 0.29) is 11.7 Å². The third-order valence-electron chi connectivity index (χ3n) is 1.65. The maximum Gasteiger partial charge on any atom is 0.0780 e. The first-order chi connectivity index (χ1) is 5.95. The molecule has 0 amide bonds. The lowest BCUT2D eigenvalue weighted by Crippen LogP contribution is -2.26. The highest BCUT2D eigenvalue weighted by Gasteiger charge is 2.12. The molecular formula is C11H24O2.